The molecule has 2 atom stereocenters. The van der Waals surface area contributed by atoms with Crippen LogP contribution in [0, 0.1) is 5.41 Å². The summed E-state index contributed by atoms with van der Waals surface area (Å²) in [5, 5.41) is 29.6. The van der Waals surface area contributed by atoms with Crippen molar-refractivity contribution in [1.29, 1.82) is 0 Å². The minimum atomic E-state index is -0.709. The smallest absolute Gasteiger partial charge is 0.0894 e. The Hall–Kier alpha value is -0.160. The van der Waals surface area contributed by atoms with Gasteiger partial charge in [0.05, 0.1) is 12.7 Å². The monoisotopic (exact) mass is 191 g/mol. The molecule has 4 heteroatoms. The molecule has 0 aromatic carbocycles. The van der Waals surface area contributed by atoms with Crippen LogP contribution in [0.2, 0.25) is 0 Å². The van der Waals surface area contributed by atoms with Crippen molar-refractivity contribution >= 4 is 0 Å². The lowest BCUT2D eigenvalue weighted by Crippen LogP contribution is -2.38. The van der Waals surface area contributed by atoms with Crippen molar-refractivity contribution in [3.8, 4) is 0 Å². The van der Waals surface area contributed by atoms with Crippen molar-refractivity contribution in [2.75, 3.05) is 26.3 Å². The van der Waals surface area contributed by atoms with E-state index >= 15 is 0 Å². The van der Waals surface area contributed by atoms with Crippen molar-refractivity contribution in [3.63, 3.8) is 0 Å². The van der Waals surface area contributed by atoms with Crippen molar-refractivity contribution in [2.45, 2.75) is 26.4 Å². The maximum atomic E-state index is 9.06. The minimum Gasteiger partial charge on any atom is -0.396 e. The van der Waals surface area contributed by atoms with E-state index in [1.807, 2.05) is 13.8 Å². The third-order valence-electron chi connectivity index (χ3n) is 2.38. The Labute approximate surface area is 79.6 Å². The quantitative estimate of drug-likeness (QED) is 0.431. The Balaban J connectivity index is 3.61. The van der Waals surface area contributed by atoms with E-state index in [-0.39, 0.29) is 18.6 Å². The SMILES string of the molecule is CCC(C)(CO)CNCC(O)CO. The molecule has 0 heterocycles. The molecule has 0 bridgehead atoms. The van der Waals surface area contributed by atoms with E-state index < -0.39 is 6.10 Å². The van der Waals surface area contributed by atoms with Crippen LogP contribution in [0.5, 0.6) is 0 Å². The first-order chi connectivity index (χ1) is 6.08. The molecule has 13 heavy (non-hydrogen) atoms. The third kappa shape index (κ3) is 5.21. The molecule has 4 nitrogen and oxygen atoms in total. The molecular formula is C9H21NO3. The van der Waals surface area contributed by atoms with Gasteiger partial charge in [-0.1, -0.05) is 13.8 Å². The highest BCUT2D eigenvalue weighted by Gasteiger charge is 2.20. The molecule has 0 fully saturated rings. The van der Waals surface area contributed by atoms with Gasteiger partial charge >= 0.3 is 0 Å². The van der Waals surface area contributed by atoms with Gasteiger partial charge < -0.3 is 20.6 Å². The summed E-state index contributed by atoms with van der Waals surface area (Å²) in [7, 11) is 0. The van der Waals surface area contributed by atoms with Crippen LogP contribution < -0.4 is 5.32 Å². The Kier molecular flexibility index (Phi) is 6.24. The zero-order valence-corrected chi connectivity index (χ0v) is 8.45. The Bertz CT molecular complexity index is 126. The van der Waals surface area contributed by atoms with E-state index in [1.54, 1.807) is 0 Å². The molecule has 0 saturated carbocycles. The first-order valence-corrected chi connectivity index (χ1v) is 4.68. The fraction of sp³-hybridized carbons (Fsp3) is 1.00. The van der Waals surface area contributed by atoms with Crippen molar-refractivity contribution in [3.05, 3.63) is 0 Å². The molecule has 0 aromatic rings. The normalized spacial score (nSPS) is 18.2. The van der Waals surface area contributed by atoms with Crippen LogP contribution >= 0.6 is 0 Å². The lowest BCUT2D eigenvalue weighted by molar-refractivity contribution is 0.0848. The van der Waals surface area contributed by atoms with Crippen LogP contribution in [0.4, 0.5) is 0 Å². The number of aliphatic hydroxyl groups excluding tert-OH is 3. The number of nitrogens with one attached hydrogen (secondary N) is 1. The molecule has 0 spiro atoms. The lowest BCUT2D eigenvalue weighted by Gasteiger charge is -2.26. The van der Waals surface area contributed by atoms with E-state index in [1.165, 1.54) is 0 Å². The van der Waals surface area contributed by atoms with Crippen LogP contribution in [0.25, 0.3) is 0 Å². The summed E-state index contributed by atoms with van der Waals surface area (Å²) in [6.07, 6.45) is 0.172. The molecule has 80 valence electrons. The van der Waals surface area contributed by atoms with E-state index in [9.17, 15) is 0 Å². The van der Waals surface area contributed by atoms with E-state index in [4.69, 9.17) is 15.3 Å². The Morgan fingerprint density at radius 3 is 2.38 bits per heavy atom. The molecule has 0 radical (unpaired) electrons. The standard InChI is InChI=1S/C9H21NO3/c1-3-9(2,7-12)6-10-4-8(13)5-11/h8,10-13H,3-7H2,1-2H3. The molecule has 0 amide bonds. The van der Waals surface area contributed by atoms with Crippen molar-refractivity contribution in [1.82, 2.24) is 5.32 Å². The second-order valence-electron chi connectivity index (χ2n) is 3.79. The van der Waals surface area contributed by atoms with Crippen LogP contribution in [0.15, 0.2) is 0 Å². The summed E-state index contributed by atoms with van der Waals surface area (Å²) >= 11 is 0. The second kappa shape index (κ2) is 6.32. The molecule has 0 saturated heterocycles. The van der Waals surface area contributed by atoms with E-state index in [0.29, 0.717) is 13.1 Å². The van der Waals surface area contributed by atoms with Gasteiger partial charge in [0.2, 0.25) is 0 Å². The lowest BCUT2D eigenvalue weighted by atomic mass is 9.88. The van der Waals surface area contributed by atoms with Gasteiger partial charge in [0.15, 0.2) is 0 Å². The van der Waals surface area contributed by atoms with Gasteiger partial charge in [0.1, 0.15) is 0 Å². The predicted molar refractivity (Wildman–Crippen MR) is 51.4 cm³/mol. The molecule has 0 rings (SSSR count). The molecule has 4 N–H and O–H groups in total. The average Bonchev–Trinajstić information content (AvgIpc) is 2.17. The summed E-state index contributed by atoms with van der Waals surface area (Å²) in [4.78, 5) is 0. The third-order valence-corrected chi connectivity index (χ3v) is 2.38. The van der Waals surface area contributed by atoms with Gasteiger partial charge in [0.25, 0.3) is 0 Å². The number of aliphatic hydroxyl groups is 3. The summed E-state index contributed by atoms with van der Waals surface area (Å²) in [6, 6.07) is 0. The predicted octanol–water partition coefficient (Wildman–Crippen LogP) is -0.662. The van der Waals surface area contributed by atoms with Crippen LogP contribution in [0.1, 0.15) is 20.3 Å². The summed E-state index contributed by atoms with van der Waals surface area (Å²) in [5.41, 5.74) is -0.130. The van der Waals surface area contributed by atoms with Crippen molar-refractivity contribution in [2.24, 2.45) is 5.41 Å². The van der Waals surface area contributed by atoms with Gasteiger partial charge in [-0.25, -0.2) is 0 Å². The maximum Gasteiger partial charge on any atom is 0.0894 e. The van der Waals surface area contributed by atoms with Crippen LogP contribution in [-0.4, -0.2) is 47.7 Å². The number of rotatable bonds is 7. The molecule has 2 unspecified atom stereocenters. The maximum absolute atomic E-state index is 9.06. The van der Waals surface area contributed by atoms with Crippen LogP contribution in [-0.2, 0) is 0 Å². The van der Waals surface area contributed by atoms with Crippen LogP contribution in [0.3, 0.4) is 0 Å². The van der Waals surface area contributed by atoms with Gasteiger partial charge in [-0.05, 0) is 6.42 Å². The zero-order valence-electron chi connectivity index (χ0n) is 8.45. The first kappa shape index (κ1) is 12.8. The molecular weight excluding hydrogens is 170 g/mol. The largest absolute Gasteiger partial charge is 0.396 e. The number of hydrogen-bond donors (Lipinski definition) is 4. The fourth-order valence-corrected chi connectivity index (χ4v) is 0.898. The molecule has 0 aliphatic rings. The summed E-state index contributed by atoms with van der Waals surface area (Å²) < 4.78 is 0. The summed E-state index contributed by atoms with van der Waals surface area (Å²) in [5.74, 6) is 0. The van der Waals surface area contributed by atoms with Gasteiger partial charge in [-0.15, -0.1) is 0 Å². The van der Waals surface area contributed by atoms with Crippen molar-refractivity contribution < 1.29 is 15.3 Å². The van der Waals surface area contributed by atoms with Gasteiger partial charge in [-0.2, -0.15) is 0 Å². The molecule has 0 aliphatic carbocycles. The van der Waals surface area contributed by atoms with E-state index in [0.717, 1.165) is 6.42 Å². The van der Waals surface area contributed by atoms with Gasteiger partial charge in [0, 0.05) is 25.1 Å². The van der Waals surface area contributed by atoms with E-state index in [2.05, 4.69) is 5.32 Å². The highest BCUT2D eigenvalue weighted by Crippen LogP contribution is 2.17. The molecule has 0 aliphatic heterocycles. The number of hydrogen-bond acceptors (Lipinski definition) is 4. The topological polar surface area (TPSA) is 72.7 Å². The highest BCUT2D eigenvalue weighted by atomic mass is 16.3. The molecule has 0 aromatic heterocycles. The minimum absolute atomic E-state index is 0.130. The highest BCUT2D eigenvalue weighted by molar-refractivity contribution is 4.74. The van der Waals surface area contributed by atoms with Gasteiger partial charge in [-0.3, -0.25) is 0 Å². The zero-order chi connectivity index (χ0) is 10.3. The Morgan fingerprint density at radius 1 is 1.38 bits per heavy atom. The summed E-state index contributed by atoms with van der Waals surface area (Å²) in [6.45, 7) is 4.91. The Morgan fingerprint density at radius 2 is 2.00 bits per heavy atom. The second-order valence-corrected chi connectivity index (χ2v) is 3.79. The first-order valence-electron chi connectivity index (χ1n) is 4.68. The average molecular weight is 191 g/mol. The fourth-order valence-electron chi connectivity index (χ4n) is 0.898.